The van der Waals surface area contributed by atoms with Crippen LogP contribution in [0.25, 0.3) is 0 Å². The minimum absolute atomic E-state index is 0.311. The first-order valence-electron chi connectivity index (χ1n) is 5.89. The zero-order valence-corrected chi connectivity index (χ0v) is 10.7. The van der Waals surface area contributed by atoms with Crippen LogP contribution in [0.4, 0.5) is 0 Å². The van der Waals surface area contributed by atoms with Gasteiger partial charge in [0.05, 0.1) is 6.61 Å². The van der Waals surface area contributed by atoms with Crippen molar-refractivity contribution in [2.45, 2.75) is 26.2 Å². The highest BCUT2D eigenvalue weighted by Crippen LogP contribution is 1.99. The molecule has 0 heterocycles. The molecular formula is C11H25NO2S. The van der Waals surface area contributed by atoms with Gasteiger partial charge in [0.15, 0.2) is 0 Å². The molecule has 0 unspecified atom stereocenters. The van der Waals surface area contributed by atoms with Crippen LogP contribution in [0.1, 0.15) is 26.2 Å². The Morgan fingerprint density at radius 2 is 2.00 bits per heavy atom. The van der Waals surface area contributed by atoms with Crippen LogP contribution in [0.15, 0.2) is 0 Å². The van der Waals surface area contributed by atoms with Crippen molar-refractivity contribution in [2.24, 2.45) is 0 Å². The van der Waals surface area contributed by atoms with Crippen molar-refractivity contribution in [3.8, 4) is 0 Å². The van der Waals surface area contributed by atoms with Crippen LogP contribution in [0.3, 0.4) is 0 Å². The van der Waals surface area contributed by atoms with Crippen LogP contribution in [0.2, 0.25) is 0 Å². The number of ether oxygens (including phenoxy) is 1. The molecule has 0 aliphatic heterocycles. The molecule has 4 heteroatoms. The van der Waals surface area contributed by atoms with E-state index in [9.17, 15) is 0 Å². The maximum Gasteiger partial charge on any atom is 0.0590 e. The third-order valence-electron chi connectivity index (χ3n) is 1.94. The van der Waals surface area contributed by atoms with E-state index in [0.717, 1.165) is 50.7 Å². The van der Waals surface area contributed by atoms with Gasteiger partial charge in [-0.15, -0.1) is 0 Å². The van der Waals surface area contributed by atoms with E-state index in [1.54, 1.807) is 0 Å². The molecule has 0 aromatic heterocycles. The van der Waals surface area contributed by atoms with E-state index in [-0.39, 0.29) is 0 Å². The molecule has 0 aromatic rings. The van der Waals surface area contributed by atoms with E-state index < -0.39 is 0 Å². The molecule has 0 aliphatic carbocycles. The van der Waals surface area contributed by atoms with Crippen molar-refractivity contribution in [3.05, 3.63) is 0 Å². The Hall–Kier alpha value is 0.230. The Balaban J connectivity index is 2.81. The molecule has 3 nitrogen and oxygen atoms in total. The molecular weight excluding hydrogens is 210 g/mol. The Morgan fingerprint density at radius 3 is 2.73 bits per heavy atom. The summed E-state index contributed by atoms with van der Waals surface area (Å²) in [5, 5.41) is 11.9. The molecule has 0 rings (SSSR count). The summed E-state index contributed by atoms with van der Waals surface area (Å²) >= 11 is 1.89. The lowest BCUT2D eigenvalue weighted by atomic mass is 10.4. The maximum atomic E-state index is 8.56. The van der Waals surface area contributed by atoms with E-state index in [0.29, 0.717) is 6.61 Å². The zero-order valence-electron chi connectivity index (χ0n) is 9.83. The highest BCUT2D eigenvalue weighted by Gasteiger charge is 1.90. The summed E-state index contributed by atoms with van der Waals surface area (Å²) in [6.07, 6.45) is 3.27. The summed E-state index contributed by atoms with van der Waals surface area (Å²) in [6.45, 7) is 6.18. The minimum atomic E-state index is 0.311. The molecule has 0 fully saturated rings. The number of unbranched alkanes of at least 4 members (excludes halogenated alkanes) is 1. The molecule has 0 aromatic carbocycles. The first-order chi connectivity index (χ1) is 7.41. The first kappa shape index (κ1) is 15.2. The Morgan fingerprint density at radius 1 is 1.13 bits per heavy atom. The SMILES string of the molecule is CCCCOCCNCCSCCCO. The van der Waals surface area contributed by atoms with Crippen LogP contribution < -0.4 is 5.32 Å². The van der Waals surface area contributed by atoms with Gasteiger partial charge in [0.1, 0.15) is 0 Å². The number of rotatable bonds is 12. The highest BCUT2D eigenvalue weighted by molar-refractivity contribution is 7.99. The Kier molecular flexibility index (Phi) is 14.4. The van der Waals surface area contributed by atoms with Crippen molar-refractivity contribution in [1.29, 1.82) is 0 Å². The monoisotopic (exact) mass is 235 g/mol. The largest absolute Gasteiger partial charge is 0.396 e. The third-order valence-corrected chi connectivity index (χ3v) is 3.01. The van der Waals surface area contributed by atoms with Gasteiger partial charge < -0.3 is 15.2 Å². The Bertz CT molecular complexity index is 103. The predicted octanol–water partition coefficient (Wildman–Crippen LogP) is 1.51. The van der Waals surface area contributed by atoms with Crippen molar-refractivity contribution in [1.82, 2.24) is 5.32 Å². The second-order valence-corrected chi connectivity index (χ2v) is 4.63. The third kappa shape index (κ3) is 14.2. The van der Waals surface area contributed by atoms with Gasteiger partial charge in [0.25, 0.3) is 0 Å². The molecule has 0 spiro atoms. The van der Waals surface area contributed by atoms with Crippen molar-refractivity contribution < 1.29 is 9.84 Å². The second kappa shape index (κ2) is 14.2. The number of nitrogens with one attached hydrogen (secondary N) is 1. The van der Waals surface area contributed by atoms with Crippen LogP contribution in [-0.4, -0.2) is 49.5 Å². The molecule has 0 saturated heterocycles. The standard InChI is InChI=1S/C11H25NO2S/c1-2-3-8-14-9-5-12-6-11-15-10-4-7-13/h12-13H,2-11H2,1H3. The summed E-state index contributed by atoms with van der Waals surface area (Å²) in [5.74, 6) is 2.18. The van der Waals surface area contributed by atoms with Gasteiger partial charge in [-0.25, -0.2) is 0 Å². The van der Waals surface area contributed by atoms with Crippen molar-refractivity contribution >= 4 is 11.8 Å². The molecule has 15 heavy (non-hydrogen) atoms. The fourth-order valence-corrected chi connectivity index (χ4v) is 1.86. The van der Waals surface area contributed by atoms with Gasteiger partial charge in [0.2, 0.25) is 0 Å². The van der Waals surface area contributed by atoms with Gasteiger partial charge in [-0.3, -0.25) is 0 Å². The summed E-state index contributed by atoms with van der Waals surface area (Å²) in [4.78, 5) is 0. The number of thioether (sulfide) groups is 1. The zero-order chi connectivity index (χ0) is 11.2. The fourth-order valence-electron chi connectivity index (χ4n) is 1.03. The average Bonchev–Trinajstić information content (AvgIpc) is 2.26. The highest BCUT2D eigenvalue weighted by atomic mass is 32.2. The maximum absolute atomic E-state index is 8.56. The minimum Gasteiger partial charge on any atom is -0.396 e. The first-order valence-corrected chi connectivity index (χ1v) is 7.04. The van der Waals surface area contributed by atoms with Crippen LogP contribution in [0, 0.1) is 0 Å². The molecule has 0 saturated carbocycles. The van der Waals surface area contributed by atoms with Gasteiger partial charge in [-0.2, -0.15) is 11.8 Å². The number of hydrogen-bond donors (Lipinski definition) is 2. The molecule has 2 N–H and O–H groups in total. The molecule has 0 aliphatic rings. The molecule has 0 amide bonds. The van der Waals surface area contributed by atoms with Crippen molar-refractivity contribution in [2.75, 3.05) is 44.4 Å². The van der Waals surface area contributed by atoms with E-state index in [4.69, 9.17) is 9.84 Å². The van der Waals surface area contributed by atoms with E-state index in [1.807, 2.05) is 11.8 Å². The summed E-state index contributed by atoms with van der Waals surface area (Å²) in [6, 6.07) is 0. The lowest BCUT2D eigenvalue weighted by molar-refractivity contribution is 0.133. The van der Waals surface area contributed by atoms with Crippen LogP contribution >= 0.6 is 11.8 Å². The molecule has 0 bridgehead atoms. The quantitative estimate of drug-likeness (QED) is 0.503. The lowest BCUT2D eigenvalue weighted by Crippen LogP contribution is -2.22. The van der Waals surface area contributed by atoms with Crippen LogP contribution in [-0.2, 0) is 4.74 Å². The lowest BCUT2D eigenvalue weighted by Gasteiger charge is -2.05. The van der Waals surface area contributed by atoms with E-state index in [1.165, 1.54) is 6.42 Å². The second-order valence-electron chi connectivity index (χ2n) is 3.41. The van der Waals surface area contributed by atoms with Crippen molar-refractivity contribution in [3.63, 3.8) is 0 Å². The number of aliphatic hydroxyl groups is 1. The van der Waals surface area contributed by atoms with E-state index in [2.05, 4.69) is 12.2 Å². The summed E-state index contributed by atoms with van der Waals surface area (Å²) in [5.41, 5.74) is 0. The number of aliphatic hydroxyl groups excluding tert-OH is 1. The van der Waals surface area contributed by atoms with Crippen LogP contribution in [0.5, 0.6) is 0 Å². The van der Waals surface area contributed by atoms with Gasteiger partial charge >= 0.3 is 0 Å². The Labute approximate surface area is 98.0 Å². The molecule has 92 valence electrons. The van der Waals surface area contributed by atoms with E-state index >= 15 is 0 Å². The molecule has 0 atom stereocenters. The number of hydrogen-bond acceptors (Lipinski definition) is 4. The van der Waals surface area contributed by atoms with Gasteiger partial charge in [-0.05, 0) is 18.6 Å². The smallest absolute Gasteiger partial charge is 0.0590 e. The summed E-state index contributed by atoms with van der Waals surface area (Å²) in [7, 11) is 0. The topological polar surface area (TPSA) is 41.5 Å². The van der Waals surface area contributed by atoms with Gasteiger partial charge in [0, 0.05) is 32.1 Å². The normalized spacial score (nSPS) is 10.8. The fraction of sp³-hybridized carbons (Fsp3) is 1.00. The molecule has 0 radical (unpaired) electrons. The van der Waals surface area contributed by atoms with Gasteiger partial charge in [-0.1, -0.05) is 13.3 Å². The average molecular weight is 235 g/mol. The predicted molar refractivity (Wildman–Crippen MR) is 67.6 cm³/mol. The summed E-state index contributed by atoms with van der Waals surface area (Å²) < 4.78 is 5.42.